The lowest BCUT2D eigenvalue weighted by atomic mass is 9.94. The molecule has 1 aromatic heterocycles. The predicted octanol–water partition coefficient (Wildman–Crippen LogP) is 1.36. The van der Waals surface area contributed by atoms with E-state index < -0.39 is 9.84 Å². The molecule has 9 heteroatoms. The SMILES string of the molecule is Cn1ncc2cccc(S(=O)(=O)c3ccc(CNC(=O)C4CC5CNCCC5N4)cc3)c21. The number of sulfone groups is 1. The van der Waals surface area contributed by atoms with E-state index in [4.69, 9.17) is 0 Å². The van der Waals surface area contributed by atoms with Crippen molar-refractivity contribution in [1.29, 1.82) is 0 Å². The van der Waals surface area contributed by atoms with Crippen molar-refractivity contribution in [2.45, 2.75) is 41.3 Å². The number of para-hydroxylation sites is 1. The smallest absolute Gasteiger partial charge is 0.237 e. The van der Waals surface area contributed by atoms with Crippen molar-refractivity contribution < 1.29 is 13.2 Å². The summed E-state index contributed by atoms with van der Waals surface area (Å²) in [5, 5.41) is 14.8. The van der Waals surface area contributed by atoms with Gasteiger partial charge in [-0.3, -0.25) is 9.48 Å². The van der Waals surface area contributed by atoms with Crippen LogP contribution in [0.2, 0.25) is 0 Å². The summed E-state index contributed by atoms with van der Waals surface area (Å²) >= 11 is 0. The number of carbonyl (C=O) groups excluding carboxylic acids is 1. The number of piperidine rings is 1. The Labute approximate surface area is 187 Å². The van der Waals surface area contributed by atoms with Gasteiger partial charge in [0.25, 0.3) is 0 Å². The molecule has 0 spiro atoms. The molecular formula is C23H27N5O3S. The summed E-state index contributed by atoms with van der Waals surface area (Å²) in [7, 11) is -1.96. The van der Waals surface area contributed by atoms with Crippen LogP contribution >= 0.6 is 0 Å². The molecule has 8 nitrogen and oxygen atoms in total. The highest BCUT2D eigenvalue weighted by molar-refractivity contribution is 7.91. The van der Waals surface area contributed by atoms with Crippen LogP contribution < -0.4 is 16.0 Å². The second-order valence-corrected chi connectivity index (χ2v) is 10.6. The molecule has 2 aliphatic heterocycles. The molecule has 2 saturated heterocycles. The normalized spacial score (nSPS) is 23.2. The Kier molecular flexibility index (Phi) is 5.48. The van der Waals surface area contributed by atoms with Gasteiger partial charge in [0, 0.05) is 25.0 Å². The third-order valence-electron chi connectivity index (χ3n) is 6.59. The van der Waals surface area contributed by atoms with Crippen LogP contribution in [0, 0.1) is 5.92 Å². The number of nitrogens with zero attached hydrogens (tertiary/aromatic N) is 2. The van der Waals surface area contributed by atoms with Crippen LogP contribution in [0.25, 0.3) is 10.9 Å². The van der Waals surface area contributed by atoms with Crippen LogP contribution in [0.3, 0.4) is 0 Å². The molecule has 168 valence electrons. The van der Waals surface area contributed by atoms with Gasteiger partial charge in [0.2, 0.25) is 15.7 Å². The number of hydrogen-bond acceptors (Lipinski definition) is 6. The number of benzene rings is 2. The number of amides is 1. The van der Waals surface area contributed by atoms with E-state index in [0.29, 0.717) is 24.0 Å². The molecule has 2 fully saturated rings. The Morgan fingerprint density at radius 1 is 1.22 bits per heavy atom. The Bertz CT molecular complexity index is 1240. The quantitative estimate of drug-likeness (QED) is 0.539. The van der Waals surface area contributed by atoms with Crippen LogP contribution in [-0.4, -0.2) is 49.3 Å². The van der Waals surface area contributed by atoms with Crippen LogP contribution in [0.15, 0.2) is 58.5 Å². The molecule has 2 aliphatic rings. The first kappa shape index (κ1) is 21.1. The van der Waals surface area contributed by atoms with Crippen molar-refractivity contribution in [2.24, 2.45) is 13.0 Å². The Hall–Kier alpha value is -2.75. The summed E-state index contributed by atoms with van der Waals surface area (Å²) in [5.41, 5.74) is 1.44. The number of fused-ring (bicyclic) bond motifs is 2. The molecule has 5 rings (SSSR count). The summed E-state index contributed by atoms with van der Waals surface area (Å²) in [6.45, 7) is 2.32. The lowest BCUT2D eigenvalue weighted by molar-refractivity contribution is -0.123. The van der Waals surface area contributed by atoms with Crippen molar-refractivity contribution >= 4 is 26.6 Å². The summed E-state index contributed by atoms with van der Waals surface area (Å²) in [4.78, 5) is 13.1. The molecule has 3 atom stereocenters. The number of hydrogen-bond donors (Lipinski definition) is 3. The number of carbonyl (C=O) groups is 1. The summed E-state index contributed by atoms with van der Waals surface area (Å²) in [5.74, 6) is 0.506. The third-order valence-corrected chi connectivity index (χ3v) is 8.39. The van der Waals surface area contributed by atoms with Crippen molar-refractivity contribution in [3.63, 3.8) is 0 Å². The molecule has 1 amide bonds. The molecule has 3 N–H and O–H groups in total. The van der Waals surface area contributed by atoms with Crippen molar-refractivity contribution in [2.75, 3.05) is 13.1 Å². The van der Waals surface area contributed by atoms with Crippen molar-refractivity contribution in [3.05, 3.63) is 54.2 Å². The van der Waals surface area contributed by atoms with E-state index in [0.717, 1.165) is 36.9 Å². The fourth-order valence-electron chi connectivity index (χ4n) is 4.84. The van der Waals surface area contributed by atoms with Gasteiger partial charge in [-0.1, -0.05) is 24.3 Å². The van der Waals surface area contributed by atoms with Gasteiger partial charge in [-0.15, -0.1) is 0 Å². The Morgan fingerprint density at radius 2 is 2.03 bits per heavy atom. The highest BCUT2D eigenvalue weighted by Crippen LogP contribution is 2.28. The lowest BCUT2D eigenvalue weighted by Gasteiger charge is -2.25. The summed E-state index contributed by atoms with van der Waals surface area (Å²) in [6, 6.07) is 12.1. The molecule has 0 saturated carbocycles. The van der Waals surface area contributed by atoms with Crippen molar-refractivity contribution in [1.82, 2.24) is 25.7 Å². The minimum atomic E-state index is -3.70. The van der Waals surface area contributed by atoms with E-state index in [-0.39, 0.29) is 21.7 Å². The molecule has 0 radical (unpaired) electrons. The van der Waals surface area contributed by atoms with Crippen LogP contribution in [-0.2, 0) is 28.2 Å². The summed E-state index contributed by atoms with van der Waals surface area (Å²) in [6.07, 6.45) is 3.56. The molecule has 2 aromatic carbocycles. The number of nitrogens with one attached hydrogen (secondary N) is 3. The molecule has 0 aliphatic carbocycles. The van der Waals surface area contributed by atoms with Crippen LogP contribution in [0.4, 0.5) is 0 Å². The number of aromatic nitrogens is 2. The van der Waals surface area contributed by atoms with E-state index in [1.165, 1.54) is 0 Å². The van der Waals surface area contributed by atoms with E-state index in [1.807, 2.05) is 6.07 Å². The lowest BCUT2D eigenvalue weighted by Crippen LogP contribution is -2.45. The number of rotatable bonds is 5. The zero-order chi connectivity index (χ0) is 22.3. The first-order chi connectivity index (χ1) is 15.4. The molecular weight excluding hydrogens is 426 g/mol. The predicted molar refractivity (Wildman–Crippen MR) is 121 cm³/mol. The first-order valence-electron chi connectivity index (χ1n) is 10.9. The Morgan fingerprint density at radius 3 is 2.81 bits per heavy atom. The van der Waals surface area contributed by atoms with Gasteiger partial charge in [0.1, 0.15) is 0 Å². The monoisotopic (exact) mass is 453 g/mol. The maximum Gasteiger partial charge on any atom is 0.237 e. The first-order valence-corrected chi connectivity index (χ1v) is 12.4. The van der Waals surface area contributed by atoms with Gasteiger partial charge in [-0.05, 0) is 55.6 Å². The fourth-order valence-corrected chi connectivity index (χ4v) is 6.35. The number of aryl methyl sites for hydroxylation is 1. The van der Waals surface area contributed by atoms with Gasteiger partial charge in [0.15, 0.2) is 0 Å². The largest absolute Gasteiger partial charge is 0.351 e. The standard InChI is InChI=1S/C23H27N5O3S/c1-28-22-16(14-26-28)3-2-4-21(22)32(30,31)18-7-5-15(6-8-18)12-25-23(29)20-11-17-13-24-10-9-19(17)27-20/h2-8,14,17,19-20,24,27H,9-13H2,1H3,(H,25,29). The molecule has 3 aromatic rings. The maximum absolute atomic E-state index is 13.2. The summed E-state index contributed by atoms with van der Waals surface area (Å²) < 4.78 is 28.1. The molecule has 3 unspecified atom stereocenters. The average molecular weight is 454 g/mol. The minimum absolute atomic E-state index is 0.000941. The minimum Gasteiger partial charge on any atom is -0.351 e. The van der Waals surface area contributed by atoms with Gasteiger partial charge >= 0.3 is 0 Å². The average Bonchev–Trinajstić information content (AvgIpc) is 3.41. The highest BCUT2D eigenvalue weighted by atomic mass is 32.2. The van der Waals surface area contributed by atoms with Gasteiger partial charge in [0.05, 0.1) is 27.5 Å². The van der Waals surface area contributed by atoms with Crippen molar-refractivity contribution in [3.8, 4) is 0 Å². The van der Waals surface area contributed by atoms with E-state index >= 15 is 0 Å². The zero-order valence-electron chi connectivity index (χ0n) is 17.9. The molecule has 32 heavy (non-hydrogen) atoms. The zero-order valence-corrected chi connectivity index (χ0v) is 18.7. The van der Waals surface area contributed by atoms with Crippen LogP contribution in [0.5, 0.6) is 0 Å². The molecule has 3 heterocycles. The van der Waals surface area contributed by atoms with E-state index in [2.05, 4.69) is 21.0 Å². The fraction of sp³-hybridized carbons (Fsp3) is 0.391. The Balaban J connectivity index is 1.27. The van der Waals surface area contributed by atoms with Gasteiger partial charge in [-0.25, -0.2) is 8.42 Å². The second kappa shape index (κ2) is 8.31. The van der Waals surface area contributed by atoms with E-state index in [9.17, 15) is 13.2 Å². The van der Waals surface area contributed by atoms with Crippen LogP contribution in [0.1, 0.15) is 18.4 Å². The molecule has 0 bridgehead atoms. The van der Waals surface area contributed by atoms with Gasteiger partial charge in [-0.2, -0.15) is 5.10 Å². The van der Waals surface area contributed by atoms with E-state index in [1.54, 1.807) is 54.3 Å². The third kappa shape index (κ3) is 3.80. The topological polar surface area (TPSA) is 105 Å². The van der Waals surface area contributed by atoms with Gasteiger partial charge < -0.3 is 16.0 Å². The second-order valence-electron chi connectivity index (χ2n) is 8.64. The highest BCUT2D eigenvalue weighted by Gasteiger charge is 2.38. The maximum atomic E-state index is 13.2.